The van der Waals surface area contributed by atoms with Gasteiger partial charge in [0.1, 0.15) is 0 Å². The zero-order valence-corrected chi connectivity index (χ0v) is 9.23. The average Bonchev–Trinajstić information content (AvgIpc) is 2.08. The van der Waals surface area contributed by atoms with Crippen LogP contribution in [0, 0.1) is 13.8 Å². The number of rotatable bonds is 1. The van der Waals surface area contributed by atoms with Crippen molar-refractivity contribution >= 4 is 5.57 Å². The highest BCUT2D eigenvalue weighted by atomic mass is 14.1. The van der Waals surface area contributed by atoms with E-state index in [1.54, 1.807) is 0 Å². The second-order valence-electron chi connectivity index (χ2n) is 3.94. The highest BCUT2D eigenvalue weighted by molar-refractivity contribution is 5.69. The monoisotopic (exact) mass is 174 g/mol. The Morgan fingerprint density at radius 1 is 1.00 bits per heavy atom. The Hall–Kier alpha value is -1.04. The third-order valence-electron chi connectivity index (χ3n) is 2.55. The first-order valence-electron chi connectivity index (χ1n) is 4.74. The van der Waals surface area contributed by atoms with Gasteiger partial charge in [0, 0.05) is 0 Å². The summed E-state index contributed by atoms with van der Waals surface area (Å²) in [7, 11) is 0. The summed E-state index contributed by atoms with van der Waals surface area (Å²) in [6, 6.07) is 6.62. The molecule has 0 amide bonds. The first kappa shape index (κ1) is 10.0. The topological polar surface area (TPSA) is 0 Å². The molecule has 0 saturated heterocycles. The first-order chi connectivity index (χ1) is 6.02. The van der Waals surface area contributed by atoms with Crippen LogP contribution >= 0.6 is 0 Å². The van der Waals surface area contributed by atoms with E-state index in [9.17, 15) is 0 Å². The summed E-state index contributed by atoms with van der Waals surface area (Å²) in [5.74, 6) is 0. The quantitative estimate of drug-likeness (QED) is 0.601. The van der Waals surface area contributed by atoms with E-state index in [0.717, 1.165) is 0 Å². The third-order valence-corrected chi connectivity index (χ3v) is 2.55. The van der Waals surface area contributed by atoms with Crippen LogP contribution in [0.1, 0.15) is 37.5 Å². The second-order valence-corrected chi connectivity index (χ2v) is 3.94. The zero-order valence-electron chi connectivity index (χ0n) is 9.23. The van der Waals surface area contributed by atoms with Crippen LogP contribution in [0.15, 0.2) is 23.8 Å². The molecule has 0 radical (unpaired) electrons. The lowest BCUT2D eigenvalue weighted by atomic mass is 9.97. The predicted octanol–water partition coefficient (Wildman–Crippen LogP) is 4.12. The summed E-state index contributed by atoms with van der Waals surface area (Å²) in [6.45, 7) is 10.8. The Labute approximate surface area is 81.3 Å². The number of hydrogen-bond donors (Lipinski definition) is 0. The summed E-state index contributed by atoms with van der Waals surface area (Å²) in [4.78, 5) is 0. The maximum absolute atomic E-state index is 2.26. The molecule has 0 aliphatic carbocycles. The SMILES string of the molecule is CC(C)=C(C)c1cc(C)ccc1C. The Morgan fingerprint density at radius 3 is 2.15 bits per heavy atom. The Bertz CT molecular complexity index is 339. The molecule has 0 nitrogen and oxygen atoms in total. The smallest absolute Gasteiger partial charge is 0.0196 e. The molecule has 0 fully saturated rings. The van der Waals surface area contributed by atoms with Gasteiger partial charge in [0.05, 0.1) is 0 Å². The van der Waals surface area contributed by atoms with Crippen LogP contribution < -0.4 is 0 Å². The molecule has 0 heteroatoms. The molecular formula is C13H18. The molecule has 0 aromatic heterocycles. The summed E-state index contributed by atoms with van der Waals surface area (Å²) in [6.07, 6.45) is 0. The molecule has 0 aliphatic heterocycles. The molecule has 0 saturated carbocycles. The molecule has 0 spiro atoms. The molecular weight excluding hydrogens is 156 g/mol. The van der Waals surface area contributed by atoms with Gasteiger partial charge >= 0.3 is 0 Å². The first-order valence-corrected chi connectivity index (χ1v) is 4.74. The van der Waals surface area contributed by atoms with Gasteiger partial charge in [0.2, 0.25) is 0 Å². The largest absolute Gasteiger partial charge is 0.0729 e. The molecule has 1 rings (SSSR count). The maximum Gasteiger partial charge on any atom is -0.0196 e. The van der Waals surface area contributed by atoms with Gasteiger partial charge in [-0.15, -0.1) is 0 Å². The molecule has 13 heavy (non-hydrogen) atoms. The van der Waals surface area contributed by atoms with Crippen molar-refractivity contribution in [2.45, 2.75) is 34.6 Å². The number of hydrogen-bond acceptors (Lipinski definition) is 0. The van der Waals surface area contributed by atoms with Gasteiger partial charge in [-0.1, -0.05) is 29.3 Å². The fourth-order valence-corrected chi connectivity index (χ4v) is 1.41. The number of aryl methyl sites for hydroxylation is 2. The fourth-order valence-electron chi connectivity index (χ4n) is 1.41. The fraction of sp³-hybridized carbons (Fsp3) is 0.385. The standard InChI is InChI=1S/C13H18/c1-9(2)12(5)13-8-10(3)6-7-11(13)4/h6-8H,1-5H3. The van der Waals surface area contributed by atoms with Gasteiger partial charge in [-0.25, -0.2) is 0 Å². The Morgan fingerprint density at radius 2 is 1.62 bits per heavy atom. The molecule has 70 valence electrons. The summed E-state index contributed by atoms with van der Waals surface area (Å²) >= 11 is 0. The van der Waals surface area contributed by atoms with Crippen molar-refractivity contribution in [1.29, 1.82) is 0 Å². The number of allylic oxidation sites excluding steroid dienone is 2. The van der Waals surface area contributed by atoms with Crippen LogP contribution in [-0.2, 0) is 0 Å². The van der Waals surface area contributed by atoms with Crippen molar-refractivity contribution in [2.75, 3.05) is 0 Å². The molecule has 0 heterocycles. The van der Waals surface area contributed by atoms with Crippen molar-refractivity contribution in [1.82, 2.24) is 0 Å². The normalized spacial score (nSPS) is 9.92. The Balaban J connectivity index is 3.29. The van der Waals surface area contributed by atoms with Crippen molar-refractivity contribution in [3.05, 3.63) is 40.5 Å². The van der Waals surface area contributed by atoms with Gasteiger partial charge < -0.3 is 0 Å². The van der Waals surface area contributed by atoms with E-state index in [0.29, 0.717) is 0 Å². The van der Waals surface area contributed by atoms with E-state index in [-0.39, 0.29) is 0 Å². The molecule has 0 atom stereocenters. The minimum Gasteiger partial charge on any atom is -0.0729 e. The third kappa shape index (κ3) is 2.21. The number of benzene rings is 1. The van der Waals surface area contributed by atoms with Gasteiger partial charge in [0.25, 0.3) is 0 Å². The lowest BCUT2D eigenvalue weighted by molar-refractivity contribution is 1.31. The molecule has 0 bridgehead atoms. The average molecular weight is 174 g/mol. The van der Waals surface area contributed by atoms with E-state index < -0.39 is 0 Å². The van der Waals surface area contributed by atoms with Crippen molar-refractivity contribution in [3.8, 4) is 0 Å². The zero-order chi connectivity index (χ0) is 10.0. The summed E-state index contributed by atoms with van der Waals surface area (Å²) in [5, 5.41) is 0. The van der Waals surface area contributed by atoms with Crippen LogP contribution in [0.2, 0.25) is 0 Å². The molecule has 1 aromatic carbocycles. The highest BCUT2D eigenvalue weighted by Gasteiger charge is 2.01. The van der Waals surface area contributed by atoms with Crippen LogP contribution in [0.5, 0.6) is 0 Å². The Kier molecular flexibility index (Phi) is 2.92. The molecule has 0 aliphatic rings. The van der Waals surface area contributed by atoms with Crippen LogP contribution in [0.3, 0.4) is 0 Å². The molecule has 0 unspecified atom stereocenters. The second kappa shape index (κ2) is 3.78. The van der Waals surface area contributed by atoms with E-state index in [1.807, 2.05) is 0 Å². The minimum absolute atomic E-state index is 1.33. The van der Waals surface area contributed by atoms with Crippen molar-refractivity contribution in [3.63, 3.8) is 0 Å². The van der Waals surface area contributed by atoms with E-state index >= 15 is 0 Å². The van der Waals surface area contributed by atoms with Crippen LogP contribution in [-0.4, -0.2) is 0 Å². The van der Waals surface area contributed by atoms with E-state index in [1.165, 1.54) is 27.8 Å². The van der Waals surface area contributed by atoms with Gasteiger partial charge in [-0.3, -0.25) is 0 Å². The van der Waals surface area contributed by atoms with Crippen LogP contribution in [0.4, 0.5) is 0 Å². The molecule has 1 aromatic rings. The van der Waals surface area contributed by atoms with Gasteiger partial charge in [-0.2, -0.15) is 0 Å². The van der Waals surface area contributed by atoms with Gasteiger partial charge in [0.15, 0.2) is 0 Å². The highest BCUT2D eigenvalue weighted by Crippen LogP contribution is 2.22. The van der Waals surface area contributed by atoms with E-state index in [2.05, 4.69) is 52.8 Å². The van der Waals surface area contributed by atoms with Crippen LogP contribution in [0.25, 0.3) is 5.57 Å². The van der Waals surface area contributed by atoms with E-state index in [4.69, 9.17) is 0 Å². The minimum atomic E-state index is 1.33. The maximum atomic E-state index is 2.26. The lowest BCUT2D eigenvalue weighted by Gasteiger charge is -2.09. The van der Waals surface area contributed by atoms with Gasteiger partial charge in [-0.05, 0) is 51.3 Å². The van der Waals surface area contributed by atoms with Crippen molar-refractivity contribution in [2.24, 2.45) is 0 Å². The summed E-state index contributed by atoms with van der Waals surface area (Å²) in [5.41, 5.74) is 6.89. The van der Waals surface area contributed by atoms with Crippen molar-refractivity contribution < 1.29 is 0 Å². The summed E-state index contributed by atoms with van der Waals surface area (Å²) < 4.78 is 0. The predicted molar refractivity (Wildman–Crippen MR) is 59.9 cm³/mol. The molecule has 0 N–H and O–H groups in total. The lowest BCUT2D eigenvalue weighted by Crippen LogP contribution is -1.88.